The summed E-state index contributed by atoms with van der Waals surface area (Å²) in [6, 6.07) is -0.490. The van der Waals surface area contributed by atoms with E-state index in [9.17, 15) is 24.0 Å². The van der Waals surface area contributed by atoms with Crippen molar-refractivity contribution in [2.75, 3.05) is 39.6 Å². The topological polar surface area (TPSA) is 146 Å². The minimum Gasteiger partial charge on any atom is -0.453 e. The number of aliphatic hydroxyl groups excluding tert-OH is 1. The van der Waals surface area contributed by atoms with Gasteiger partial charge in [-0.3, -0.25) is 19.2 Å². The van der Waals surface area contributed by atoms with Gasteiger partial charge in [0.2, 0.25) is 5.91 Å². The summed E-state index contributed by atoms with van der Waals surface area (Å²) >= 11 is 0. The van der Waals surface area contributed by atoms with Crippen LogP contribution in [-0.4, -0.2) is 91.3 Å². The van der Waals surface area contributed by atoms with Crippen molar-refractivity contribution in [3.05, 3.63) is 12.2 Å². The third-order valence-electron chi connectivity index (χ3n) is 5.08. The summed E-state index contributed by atoms with van der Waals surface area (Å²) in [6.45, 7) is 7.36. The number of carbonyl (C=O) groups excluding carboxylic acids is 5. The van der Waals surface area contributed by atoms with Crippen LogP contribution in [0.4, 0.5) is 4.79 Å². The molecule has 0 spiro atoms. The van der Waals surface area contributed by atoms with E-state index in [1.54, 1.807) is 0 Å². The molecule has 0 aliphatic carbocycles. The molecule has 1 heterocycles. The van der Waals surface area contributed by atoms with Crippen LogP contribution in [0, 0.1) is 11.8 Å². The van der Waals surface area contributed by atoms with Crippen LogP contribution in [0.5, 0.6) is 0 Å². The summed E-state index contributed by atoms with van der Waals surface area (Å²) in [6.07, 6.45) is 0.305. The lowest BCUT2D eigenvalue weighted by Gasteiger charge is -2.28. The van der Waals surface area contributed by atoms with Crippen LogP contribution in [0.2, 0.25) is 0 Å². The van der Waals surface area contributed by atoms with Gasteiger partial charge < -0.3 is 24.1 Å². The van der Waals surface area contributed by atoms with Crippen LogP contribution in [0.1, 0.15) is 40.5 Å². The van der Waals surface area contributed by atoms with Crippen LogP contribution >= 0.6 is 0 Å². The molecule has 1 saturated heterocycles. The second kappa shape index (κ2) is 15.3. The van der Waals surface area contributed by atoms with Gasteiger partial charge in [0, 0.05) is 20.0 Å². The average molecular weight is 486 g/mol. The molecule has 11 nitrogen and oxygen atoms in total. The lowest BCUT2D eigenvalue weighted by Crippen LogP contribution is -2.48. The first-order chi connectivity index (χ1) is 16.1. The van der Waals surface area contributed by atoms with Gasteiger partial charge in [-0.2, -0.15) is 0 Å². The Morgan fingerprint density at radius 3 is 2.32 bits per heavy atom. The van der Waals surface area contributed by atoms with E-state index in [2.05, 4.69) is 0 Å². The fraction of sp³-hybridized carbons (Fsp3) is 0.696. The molecule has 3 atom stereocenters. The number of nitrogens with zero attached hydrogens (tertiary/aromatic N) is 1. The van der Waals surface area contributed by atoms with E-state index in [-0.39, 0.29) is 37.9 Å². The highest BCUT2D eigenvalue weighted by molar-refractivity contribution is 6.04. The average Bonchev–Trinajstić information content (AvgIpc) is 3.18. The molecule has 11 heteroatoms. The second-order valence-corrected chi connectivity index (χ2v) is 8.17. The quantitative estimate of drug-likeness (QED) is 0.191. The molecule has 192 valence electrons. The molecule has 34 heavy (non-hydrogen) atoms. The first-order valence-corrected chi connectivity index (χ1v) is 11.3. The Labute approximate surface area is 199 Å². The van der Waals surface area contributed by atoms with Gasteiger partial charge in [0.1, 0.15) is 6.61 Å². The monoisotopic (exact) mass is 485 g/mol. The Hall–Kier alpha value is -2.63. The minimum absolute atomic E-state index is 0.0505. The van der Waals surface area contributed by atoms with E-state index >= 15 is 0 Å². The SMILES string of the molecule is CC(=O)O[C@@H](C(=O)C=CC(=O)CCCOCCOCCO)[C@@H](C)C(=O)N1C(=O)OC[C@H]1C(C)C. The zero-order chi connectivity index (χ0) is 25.7. The lowest BCUT2D eigenvalue weighted by molar-refractivity contribution is -0.158. The Balaban J connectivity index is 2.66. The molecule has 0 unspecified atom stereocenters. The van der Waals surface area contributed by atoms with Crippen molar-refractivity contribution >= 4 is 29.5 Å². The normalized spacial score (nSPS) is 17.6. The molecule has 1 rings (SSSR count). The predicted molar refractivity (Wildman–Crippen MR) is 119 cm³/mol. The third kappa shape index (κ3) is 9.70. The van der Waals surface area contributed by atoms with E-state index in [1.165, 1.54) is 6.92 Å². The van der Waals surface area contributed by atoms with Gasteiger partial charge in [0.15, 0.2) is 17.7 Å². The van der Waals surface area contributed by atoms with Gasteiger partial charge in [-0.1, -0.05) is 13.8 Å². The molecule has 1 aliphatic rings. The molecular formula is C23H35NO10. The molecule has 0 saturated carbocycles. The molecule has 1 fully saturated rings. The number of carbonyl (C=O) groups is 5. The van der Waals surface area contributed by atoms with E-state index in [0.717, 1.165) is 24.0 Å². The number of allylic oxidation sites excluding steroid dienone is 1. The second-order valence-electron chi connectivity index (χ2n) is 8.17. The van der Waals surface area contributed by atoms with Gasteiger partial charge in [-0.25, -0.2) is 9.69 Å². The Kier molecular flexibility index (Phi) is 13.2. The number of amides is 2. The summed E-state index contributed by atoms with van der Waals surface area (Å²) in [7, 11) is 0. The van der Waals surface area contributed by atoms with Crippen molar-refractivity contribution in [3.8, 4) is 0 Å². The van der Waals surface area contributed by atoms with Gasteiger partial charge in [-0.05, 0) is 31.4 Å². The standard InChI is InChI=1S/C23H35NO10/c1-15(2)19-14-33-23(30)24(19)22(29)16(3)21(34-17(4)26)20(28)8-7-18(27)6-5-10-31-12-13-32-11-9-25/h7-8,15-16,19,21,25H,5-6,9-14H2,1-4H3/t16-,19+,21-/m1/s1. The number of aliphatic hydroxyl groups is 1. The zero-order valence-electron chi connectivity index (χ0n) is 20.2. The fourth-order valence-corrected chi connectivity index (χ4v) is 3.20. The first kappa shape index (κ1) is 29.4. The summed E-state index contributed by atoms with van der Waals surface area (Å²) in [5.41, 5.74) is 0. The van der Waals surface area contributed by atoms with Gasteiger partial charge >= 0.3 is 12.1 Å². The van der Waals surface area contributed by atoms with Crippen molar-refractivity contribution in [2.24, 2.45) is 11.8 Å². The van der Waals surface area contributed by atoms with Crippen molar-refractivity contribution in [2.45, 2.75) is 52.7 Å². The van der Waals surface area contributed by atoms with E-state index in [1.807, 2.05) is 13.8 Å². The van der Waals surface area contributed by atoms with Crippen LogP contribution in [0.3, 0.4) is 0 Å². The zero-order valence-corrected chi connectivity index (χ0v) is 20.2. The maximum absolute atomic E-state index is 13.0. The van der Waals surface area contributed by atoms with Gasteiger partial charge in [0.25, 0.3) is 0 Å². The smallest absolute Gasteiger partial charge is 0.416 e. The van der Waals surface area contributed by atoms with Gasteiger partial charge in [-0.15, -0.1) is 0 Å². The van der Waals surface area contributed by atoms with Crippen LogP contribution in [0.25, 0.3) is 0 Å². The fourth-order valence-electron chi connectivity index (χ4n) is 3.20. The molecule has 1 aliphatic heterocycles. The van der Waals surface area contributed by atoms with E-state index < -0.39 is 41.8 Å². The van der Waals surface area contributed by atoms with Crippen molar-refractivity contribution in [1.29, 1.82) is 0 Å². The maximum atomic E-state index is 13.0. The Morgan fingerprint density at radius 1 is 1.09 bits per heavy atom. The highest BCUT2D eigenvalue weighted by Gasteiger charge is 2.44. The summed E-state index contributed by atoms with van der Waals surface area (Å²) in [4.78, 5) is 62.3. The van der Waals surface area contributed by atoms with Crippen molar-refractivity contribution in [3.63, 3.8) is 0 Å². The molecule has 0 aromatic rings. The molecule has 2 amide bonds. The number of esters is 1. The summed E-state index contributed by atoms with van der Waals surface area (Å²) in [5.74, 6) is -3.78. The summed E-state index contributed by atoms with van der Waals surface area (Å²) < 4.78 is 20.4. The summed E-state index contributed by atoms with van der Waals surface area (Å²) in [5, 5.41) is 8.59. The number of ether oxygens (including phenoxy) is 4. The predicted octanol–water partition coefficient (Wildman–Crippen LogP) is 1.06. The van der Waals surface area contributed by atoms with Crippen LogP contribution in [0.15, 0.2) is 12.2 Å². The number of ketones is 2. The minimum atomic E-state index is -1.49. The number of hydrogen-bond acceptors (Lipinski definition) is 10. The van der Waals surface area contributed by atoms with Crippen molar-refractivity contribution < 1.29 is 48.0 Å². The number of hydrogen-bond donors (Lipinski definition) is 1. The molecule has 0 bridgehead atoms. The molecule has 1 N–H and O–H groups in total. The third-order valence-corrected chi connectivity index (χ3v) is 5.08. The highest BCUT2D eigenvalue weighted by atomic mass is 16.6. The number of rotatable bonds is 16. The maximum Gasteiger partial charge on any atom is 0.416 e. The molecular weight excluding hydrogens is 450 g/mol. The molecule has 0 aromatic heterocycles. The Morgan fingerprint density at radius 2 is 1.74 bits per heavy atom. The molecule has 0 radical (unpaired) electrons. The first-order valence-electron chi connectivity index (χ1n) is 11.3. The van der Waals surface area contributed by atoms with E-state index in [0.29, 0.717) is 26.2 Å². The Bertz CT molecular complexity index is 748. The number of imide groups is 1. The van der Waals surface area contributed by atoms with Crippen LogP contribution in [-0.2, 0) is 38.1 Å². The molecule has 0 aromatic carbocycles. The largest absolute Gasteiger partial charge is 0.453 e. The van der Waals surface area contributed by atoms with E-state index in [4.69, 9.17) is 24.1 Å². The highest BCUT2D eigenvalue weighted by Crippen LogP contribution is 2.24. The van der Waals surface area contributed by atoms with Crippen LogP contribution < -0.4 is 0 Å². The lowest BCUT2D eigenvalue weighted by atomic mass is 9.96. The number of cyclic esters (lactones) is 1. The van der Waals surface area contributed by atoms with Crippen molar-refractivity contribution in [1.82, 2.24) is 4.90 Å². The van der Waals surface area contributed by atoms with Gasteiger partial charge in [0.05, 0.1) is 38.4 Å².